The van der Waals surface area contributed by atoms with Gasteiger partial charge >= 0.3 is 0 Å². The Bertz CT molecular complexity index is 480. The van der Waals surface area contributed by atoms with Gasteiger partial charge in [0.15, 0.2) is 0 Å². The largest absolute Gasteiger partial charge is 0.388 e. The molecule has 0 amide bonds. The zero-order valence-corrected chi connectivity index (χ0v) is 8.56. The number of hydrogen-bond donors (Lipinski definition) is 1. The number of aliphatic hydroxyl groups excluding tert-OH is 1. The number of benzene rings is 2. The molecule has 1 unspecified atom stereocenters. The Morgan fingerprint density at radius 1 is 1.00 bits per heavy atom. The summed E-state index contributed by atoms with van der Waals surface area (Å²) in [5, 5.41) is 12.6. The van der Waals surface area contributed by atoms with E-state index in [0.29, 0.717) is 5.92 Å². The van der Waals surface area contributed by atoms with Crippen LogP contribution < -0.4 is 0 Å². The van der Waals surface area contributed by atoms with E-state index >= 15 is 0 Å². The van der Waals surface area contributed by atoms with Crippen molar-refractivity contribution < 1.29 is 5.11 Å². The average Bonchev–Trinajstić information content (AvgIpc) is 3.11. The first-order chi connectivity index (χ1) is 7.36. The van der Waals surface area contributed by atoms with Crippen LogP contribution in [0.25, 0.3) is 10.8 Å². The van der Waals surface area contributed by atoms with Crippen molar-refractivity contribution in [3.05, 3.63) is 48.0 Å². The Balaban J connectivity index is 2.16. The highest BCUT2D eigenvalue weighted by molar-refractivity contribution is 5.86. The van der Waals surface area contributed by atoms with Crippen molar-refractivity contribution in [2.24, 2.45) is 5.92 Å². The van der Waals surface area contributed by atoms with Crippen LogP contribution in [0.3, 0.4) is 0 Å². The lowest BCUT2D eigenvalue weighted by atomic mass is 9.98. The minimum atomic E-state index is -0.268. The Kier molecular flexibility index (Phi) is 2.00. The molecule has 1 nitrogen and oxygen atoms in total. The van der Waals surface area contributed by atoms with Gasteiger partial charge in [0.2, 0.25) is 0 Å². The normalized spacial score (nSPS) is 17.9. The minimum absolute atomic E-state index is 0.268. The Morgan fingerprint density at radius 3 is 2.53 bits per heavy atom. The van der Waals surface area contributed by atoms with Crippen molar-refractivity contribution >= 4 is 10.8 Å². The SMILES string of the molecule is OC(c1cccc2ccccc12)C1CC1. The van der Waals surface area contributed by atoms with Crippen molar-refractivity contribution in [2.75, 3.05) is 0 Å². The summed E-state index contributed by atoms with van der Waals surface area (Å²) in [7, 11) is 0. The van der Waals surface area contributed by atoms with Gasteiger partial charge in [-0.25, -0.2) is 0 Å². The zero-order valence-electron chi connectivity index (χ0n) is 8.56. The molecule has 0 aliphatic heterocycles. The highest BCUT2D eigenvalue weighted by Gasteiger charge is 2.31. The molecule has 0 radical (unpaired) electrons. The van der Waals surface area contributed by atoms with Gasteiger partial charge in [-0.2, -0.15) is 0 Å². The first-order valence-corrected chi connectivity index (χ1v) is 5.52. The van der Waals surface area contributed by atoms with E-state index in [1.54, 1.807) is 0 Å². The van der Waals surface area contributed by atoms with Crippen molar-refractivity contribution in [1.82, 2.24) is 0 Å². The summed E-state index contributed by atoms with van der Waals surface area (Å²) in [5.74, 6) is 0.496. The number of hydrogen-bond acceptors (Lipinski definition) is 1. The summed E-state index contributed by atoms with van der Waals surface area (Å²) in [4.78, 5) is 0. The van der Waals surface area contributed by atoms with Gasteiger partial charge in [-0.15, -0.1) is 0 Å². The molecule has 15 heavy (non-hydrogen) atoms. The number of fused-ring (bicyclic) bond motifs is 1. The molecule has 0 bridgehead atoms. The van der Waals surface area contributed by atoms with Crippen LogP contribution in [0.1, 0.15) is 24.5 Å². The fourth-order valence-electron chi connectivity index (χ4n) is 2.17. The maximum atomic E-state index is 10.2. The molecule has 1 saturated carbocycles. The molecule has 0 aromatic heterocycles. The molecular weight excluding hydrogens is 184 g/mol. The number of rotatable bonds is 2. The molecule has 1 N–H and O–H groups in total. The van der Waals surface area contributed by atoms with Gasteiger partial charge < -0.3 is 5.11 Å². The van der Waals surface area contributed by atoms with Crippen LogP contribution in [-0.4, -0.2) is 5.11 Å². The molecule has 0 saturated heterocycles. The summed E-state index contributed by atoms with van der Waals surface area (Å²) in [6.45, 7) is 0. The third kappa shape index (κ3) is 1.53. The second-order valence-corrected chi connectivity index (χ2v) is 4.35. The molecule has 1 aliphatic rings. The monoisotopic (exact) mass is 198 g/mol. The Morgan fingerprint density at radius 2 is 1.73 bits per heavy atom. The third-order valence-electron chi connectivity index (χ3n) is 3.21. The van der Waals surface area contributed by atoms with E-state index in [-0.39, 0.29) is 6.10 Å². The van der Waals surface area contributed by atoms with E-state index in [4.69, 9.17) is 0 Å². The van der Waals surface area contributed by atoms with Crippen LogP contribution in [0.15, 0.2) is 42.5 Å². The molecule has 1 heteroatoms. The second kappa shape index (κ2) is 3.35. The van der Waals surface area contributed by atoms with Crippen LogP contribution in [0, 0.1) is 5.92 Å². The average molecular weight is 198 g/mol. The predicted molar refractivity (Wildman–Crippen MR) is 61.6 cm³/mol. The number of aliphatic hydroxyl groups is 1. The van der Waals surface area contributed by atoms with E-state index in [0.717, 1.165) is 5.56 Å². The summed E-state index contributed by atoms with van der Waals surface area (Å²) < 4.78 is 0. The van der Waals surface area contributed by atoms with E-state index < -0.39 is 0 Å². The minimum Gasteiger partial charge on any atom is -0.388 e. The Labute approximate surface area is 89.4 Å². The highest BCUT2D eigenvalue weighted by atomic mass is 16.3. The smallest absolute Gasteiger partial charge is 0.0824 e. The standard InChI is InChI=1S/C14H14O/c15-14(11-8-9-11)13-7-3-5-10-4-1-2-6-12(10)13/h1-7,11,14-15H,8-9H2. The molecule has 2 aromatic carbocycles. The topological polar surface area (TPSA) is 20.2 Å². The van der Waals surface area contributed by atoms with Gasteiger partial charge in [-0.05, 0) is 35.1 Å². The summed E-state index contributed by atoms with van der Waals surface area (Å²) >= 11 is 0. The quantitative estimate of drug-likeness (QED) is 0.785. The molecule has 3 rings (SSSR count). The maximum Gasteiger partial charge on any atom is 0.0824 e. The van der Waals surface area contributed by atoms with E-state index in [2.05, 4.69) is 18.2 Å². The van der Waals surface area contributed by atoms with Crippen molar-refractivity contribution in [2.45, 2.75) is 18.9 Å². The van der Waals surface area contributed by atoms with Crippen LogP contribution in [-0.2, 0) is 0 Å². The molecule has 76 valence electrons. The molecular formula is C14H14O. The van der Waals surface area contributed by atoms with Crippen LogP contribution >= 0.6 is 0 Å². The fraction of sp³-hybridized carbons (Fsp3) is 0.286. The van der Waals surface area contributed by atoms with Crippen LogP contribution in [0.2, 0.25) is 0 Å². The first kappa shape index (κ1) is 8.93. The lowest BCUT2D eigenvalue weighted by Crippen LogP contribution is -1.99. The van der Waals surface area contributed by atoms with Crippen molar-refractivity contribution in [3.8, 4) is 0 Å². The van der Waals surface area contributed by atoms with Crippen molar-refractivity contribution in [3.63, 3.8) is 0 Å². The third-order valence-corrected chi connectivity index (χ3v) is 3.21. The molecule has 0 heterocycles. The molecule has 1 aliphatic carbocycles. The van der Waals surface area contributed by atoms with Crippen molar-refractivity contribution in [1.29, 1.82) is 0 Å². The Hall–Kier alpha value is -1.34. The lowest BCUT2D eigenvalue weighted by Gasteiger charge is -2.12. The fourth-order valence-corrected chi connectivity index (χ4v) is 2.17. The van der Waals surface area contributed by atoms with Crippen LogP contribution in [0.4, 0.5) is 0 Å². The molecule has 1 fully saturated rings. The van der Waals surface area contributed by atoms with Gasteiger partial charge in [-0.1, -0.05) is 42.5 Å². The van der Waals surface area contributed by atoms with E-state index in [1.807, 2.05) is 24.3 Å². The zero-order chi connectivity index (χ0) is 10.3. The molecule has 1 atom stereocenters. The van der Waals surface area contributed by atoms with Gasteiger partial charge in [-0.3, -0.25) is 0 Å². The lowest BCUT2D eigenvalue weighted by molar-refractivity contribution is 0.155. The summed E-state index contributed by atoms with van der Waals surface area (Å²) in [5.41, 5.74) is 1.09. The predicted octanol–water partition coefficient (Wildman–Crippen LogP) is 3.28. The molecule has 0 spiro atoms. The summed E-state index contributed by atoms with van der Waals surface area (Å²) in [6, 6.07) is 14.4. The van der Waals surface area contributed by atoms with Gasteiger partial charge in [0.1, 0.15) is 0 Å². The summed E-state index contributed by atoms with van der Waals surface area (Å²) in [6.07, 6.45) is 2.07. The van der Waals surface area contributed by atoms with Crippen LogP contribution in [0.5, 0.6) is 0 Å². The van der Waals surface area contributed by atoms with E-state index in [1.165, 1.54) is 23.6 Å². The van der Waals surface area contributed by atoms with Gasteiger partial charge in [0.05, 0.1) is 6.10 Å². The van der Waals surface area contributed by atoms with Gasteiger partial charge in [0, 0.05) is 0 Å². The van der Waals surface area contributed by atoms with Gasteiger partial charge in [0.25, 0.3) is 0 Å². The highest BCUT2D eigenvalue weighted by Crippen LogP contribution is 2.42. The molecule has 2 aromatic rings. The maximum absolute atomic E-state index is 10.2. The second-order valence-electron chi connectivity index (χ2n) is 4.35. The van der Waals surface area contributed by atoms with E-state index in [9.17, 15) is 5.11 Å². The first-order valence-electron chi connectivity index (χ1n) is 5.52.